The highest BCUT2D eigenvalue weighted by molar-refractivity contribution is 5.57. The van der Waals surface area contributed by atoms with Crippen LogP contribution in [-0.4, -0.2) is 23.7 Å². The van der Waals surface area contributed by atoms with E-state index < -0.39 is 16.4 Å². The SMILES string of the molecule is COc1cc([C@@H](N)CCCCN)cc([N+](=O)[O-])c1O. The van der Waals surface area contributed by atoms with E-state index in [0.717, 1.165) is 12.8 Å². The molecule has 5 N–H and O–H groups in total. The van der Waals surface area contributed by atoms with Crippen molar-refractivity contribution in [3.63, 3.8) is 0 Å². The van der Waals surface area contributed by atoms with Gasteiger partial charge >= 0.3 is 5.69 Å². The van der Waals surface area contributed by atoms with Crippen LogP contribution in [0.2, 0.25) is 0 Å². The molecule has 7 nitrogen and oxygen atoms in total. The highest BCUT2D eigenvalue weighted by atomic mass is 16.6. The normalized spacial score (nSPS) is 12.2. The minimum Gasteiger partial charge on any atom is -0.500 e. The molecule has 0 spiro atoms. The van der Waals surface area contributed by atoms with E-state index in [4.69, 9.17) is 16.2 Å². The number of nitro groups is 1. The average Bonchev–Trinajstić information content (AvgIpc) is 2.38. The molecule has 0 aromatic heterocycles. The second kappa shape index (κ2) is 6.91. The lowest BCUT2D eigenvalue weighted by Gasteiger charge is -2.13. The van der Waals surface area contributed by atoms with E-state index in [0.29, 0.717) is 18.5 Å². The number of hydrogen-bond donors (Lipinski definition) is 3. The molecule has 1 atom stereocenters. The van der Waals surface area contributed by atoms with Crippen molar-refractivity contribution in [1.29, 1.82) is 0 Å². The van der Waals surface area contributed by atoms with Gasteiger partial charge in [-0.2, -0.15) is 0 Å². The third kappa shape index (κ3) is 3.80. The molecule has 0 amide bonds. The molecule has 7 heteroatoms. The number of methoxy groups -OCH3 is 1. The van der Waals surface area contributed by atoms with Crippen LogP contribution in [0.15, 0.2) is 12.1 Å². The second-order valence-electron chi connectivity index (χ2n) is 4.24. The van der Waals surface area contributed by atoms with Crippen LogP contribution < -0.4 is 16.2 Å². The third-order valence-corrected chi connectivity index (χ3v) is 2.89. The van der Waals surface area contributed by atoms with Crippen molar-refractivity contribution >= 4 is 5.69 Å². The van der Waals surface area contributed by atoms with Gasteiger partial charge in [0.05, 0.1) is 12.0 Å². The van der Waals surface area contributed by atoms with Crippen LogP contribution in [0.1, 0.15) is 30.9 Å². The van der Waals surface area contributed by atoms with E-state index in [1.807, 2.05) is 0 Å². The molecular weight excluding hydrogens is 250 g/mol. The third-order valence-electron chi connectivity index (χ3n) is 2.89. The molecule has 0 aliphatic heterocycles. The Bertz CT molecular complexity index is 451. The first-order chi connectivity index (χ1) is 9.01. The molecule has 1 aromatic carbocycles. The lowest BCUT2D eigenvalue weighted by Crippen LogP contribution is -2.11. The number of benzene rings is 1. The first kappa shape index (κ1) is 15.2. The van der Waals surface area contributed by atoms with E-state index in [1.54, 1.807) is 0 Å². The van der Waals surface area contributed by atoms with Crippen LogP contribution >= 0.6 is 0 Å². The summed E-state index contributed by atoms with van der Waals surface area (Å²) in [5.74, 6) is -0.427. The van der Waals surface area contributed by atoms with Crippen molar-refractivity contribution in [3.8, 4) is 11.5 Å². The monoisotopic (exact) mass is 269 g/mol. The topological polar surface area (TPSA) is 125 Å². The number of rotatable bonds is 7. The quantitative estimate of drug-likeness (QED) is 0.390. The van der Waals surface area contributed by atoms with Crippen LogP contribution in [-0.2, 0) is 0 Å². The standard InChI is InChI=1S/C12H19N3O4/c1-19-11-7-8(9(14)4-2-3-5-13)6-10(12(11)16)15(17)18/h6-7,9,16H,2-5,13-14H2,1H3/t9-/m0/s1. The second-order valence-corrected chi connectivity index (χ2v) is 4.24. The number of phenolic OH excluding ortho intramolecular Hbond substituents is 1. The lowest BCUT2D eigenvalue weighted by molar-refractivity contribution is -0.386. The Morgan fingerprint density at radius 2 is 2.16 bits per heavy atom. The van der Waals surface area contributed by atoms with Crippen LogP contribution in [0.3, 0.4) is 0 Å². The van der Waals surface area contributed by atoms with Gasteiger partial charge in [-0.05, 0) is 31.0 Å². The molecule has 0 heterocycles. The highest BCUT2D eigenvalue weighted by Gasteiger charge is 2.21. The maximum atomic E-state index is 10.9. The van der Waals surface area contributed by atoms with Crippen LogP contribution in [0.4, 0.5) is 5.69 Å². The van der Waals surface area contributed by atoms with Gasteiger partial charge in [0.15, 0.2) is 5.75 Å². The molecule has 0 saturated heterocycles. The zero-order chi connectivity index (χ0) is 14.4. The summed E-state index contributed by atoms with van der Waals surface area (Å²) in [6, 6.07) is 2.46. The van der Waals surface area contributed by atoms with Crippen molar-refractivity contribution < 1.29 is 14.8 Å². The Morgan fingerprint density at radius 1 is 1.47 bits per heavy atom. The molecule has 0 fully saturated rings. The first-order valence-electron chi connectivity index (χ1n) is 6.02. The summed E-state index contributed by atoms with van der Waals surface area (Å²) < 4.78 is 4.92. The molecule has 0 aliphatic rings. The number of nitrogens with two attached hydrogens (primary N) is 2. The predicted molar refractivity (Wildman–Crippen MR) is 71.1 cm³/mol. The van der Waals surface area contributed by atoms with E-state index >= 15 is 0 Å². The fraction of sp³-hybridized carbons (Fsp3) is 0.500. The summed E-state index contributed by atoms with van der Waals surface area (Å²) in [6.45, 7) is 0.589. The van der Waals surface area contributed by atoms with Gasteiger partial charge in [0, 0.05) is 12.1 Å². The van der Waals surface area contributed by atoms with Gasteiger partial charge in [-0.15, -0.1) is 0 Å². The maximum absolute atomic E-state index is 10.9. The number of aromatic hydroxyl groups is 1. The van der Waals surface area contributed by atoms with Crippen molar-refractivity contribution in [2.75, 3.05) is 13.7 Å². The largest absolute Gasteiger partial charge is 0.500 e. The Labute approximate surface area is 111 Å². The summed E-state index contributed by atoms with van der Waals surface area (Å²) in [5, 5.41) is 20.5. The van der Waals surface area contributed by atoms with Gasteiger partial charge < -0.3 is 21.3 Å². The Morgan fingerprint density at radius 3 is 2.68 bits per heavy atom. The maximum Gasteiger partial charge on any atom is 0.314 e. The van der Waals surface area contributed by atoms with Crippen molar-refractivity contribution in [1.82, 2.24) is 0 Å². The summed E-state index contributed by atoms with van der Waals surface area (Å²) in [7, 11) is 1.34. The first-order valence-corrected chi connectivity index (χ1v) is 6.02. The molecule has 0 radical (unpaired) electrons. The van der Waals surface area contributed by atoms with Gasteiger partial charge in [-0.25, -0.2) is 0 Å². The van der Waals surface area contributed by atoms with E-state index in [9.17, 15) is 15.2 Å². The zero-order valence-electron chi connectivity index (χ0n) is 10.8. The molecule has 19 heavy (non-hydrogen) atoms. The number of nitro benzene ring substituents is 1. The Hall–Kier alpha value is -1.86. The van der Waals surface area contributed by atoms with Gasteiger partial charge in [0.1, 0.15) is 0 Å². The molecule has 0 aliphatic carbocycles. The summed E-state index contributed by atoms with van der Waals surface area (Å²) in [4.78, 5) is 10.2. The molecule has 0 saturated carbocycles. The van der Waals surface area contributed by atoms with Crippen LogP contribution in [0.25, 0.3) is 0 Å². The van der Waals surface area contributed by atoms with Gasteiger partial charge in [0.2, 0.25) is 5.75 Å². The van der Waals surface area contributed by atoms with Gasteiger partial charge in [-0.3, -0.25) is 10.1 Å². The molecular formula is C12H19N3O4. The smallest absolute Gasteiger partial charge is 0.314 e. The van der Waals surface area contributed by atoms with Crippen LogP contribution in [0, 0.1) is 10.1 Å². The zero-order valence-corrected chi connectivity index (χ0v) is 10.8. The summed E-state index contributed by atoms with van der Waals surface area (Å²) in [6.07, 6.45) is 2.36. The Kier molecular flexibility index (Phi) is 5.53. The van der Waals surface area contributed by atoms with Crippen molar-refractivity contribution in [2.24, 2.45) is 11.5 Å². The van der Waals surface area contributed by atoms with E-state index in [1.165, 1.54) is 19.2 Å². The van der Waals surface area contributed by atoms with Gasteiger partial charge in [-0.1, -0.05) is 6.42 Å². The van der Waals surface area contributed by atoms with E-state index in [2.05, 4.69) is 0 Å². The number of hydrogen-bond acceptors (Lipinski definition) is 6. The fourth-order valence-corrected chi connectivity index (χ4v) is 1.80. The Balaban J connectivity index is 3.00. The summed E-state index contributed by atoms with van der Waals surface area (Å²) >= 11 is 0. The van der Waals surface area contributed by atoms with Crippen molar-refractivity contribution in [2.45, 2.75) is 25.3 Å². The number of phenols is 1. The fourth-order valence-electron chi connectivity index (χ4n) is 1.80. The van der Waals surface area contributed by atoms with Crippen LogP contribution in [0.5, 0.6) is 11.5 Å². The molecule has 0 bridgehead atoms. The molecule has 106 valence electrons. The van der Waals surface area contributed by atoms with Gasteiger partial charge in [0.25, 0.3) is 0 Å². The van der Waals surface area contributed by atoms with E-state index in [-0.39, 0.29) is 11.8 Å². The minimum absolute atomic E-state index is 0.0541. The molecule has 0 unspecified atom stereocenters. The highest BCUT2D eigenvalue weighted by Crippen LogP contribution is 2.38. The predicted octanol–water partition coefficient (Wildman–Crippen LogP) is 1.44. The minimum atomic E-state index is -0.659. The number of ether oxygens (including phenoxy) is 1. The van der Waals surface area contributed by atoms with Crippen molar-refractivity contribution in [3.05, 3.63) is 27.8 Å². The average molecular weight is 269 g/mol. The molecule has 1 rings (SSSR count). The number of unbranched alkanes of at least 4 members (excludes halogenated alkanes) is 1. The lowest BCUT2D eigenvalue weighted by atomic mass is 10.0. The number of nitrogens with zero attached hydrogens (tertiary/aromatic N) is 1. The summed E-state index contributed by atoms with van der Waals surface area (Å²) in [5.41, 5.74) is 11.5. The molecule has 1 aromatic rings.